The topological polar surface area (TPSA) is 110 Å². The van der Waals surface area contributed by atoms with E-state index in [1.165, 1.54) is 23.6 Å². The fourth-order valence-corrected chi connectivity index (χ4v) is 4.76. The highest BCUT2D eigenvalue weighted by Crippen LogP contribution is 2.45. The molecule has 0 saturated heterocycles. The molecule has 0 unspecified atom stereocenters. The zero-order valence-electron chi connectivity index (χ0n) is 21.1. The van der Waals surface area contributed by atoms with Crippen molar-refractivity contribution in [1.29, 1.82) is 0 Å². The smallest absolute Gasteiger partial charge is 0.249 e. The largest absolute Gasteiger partial charge is 0.443 e. The second kappa shape index (κ2) is 10.2. The van der Waals surface area contributed by atoms with Gasteiger partial charge < -0.3 is 24.3 Å². The molecule has 3 aromatic rings. The molecule has 2 aliphatic rings. The SMILES string of the molecule is CC=O.CNCc1coc(-c2nc3oc2[C@H]2CCc4ccc(cc42)CCC(=O)N[C@H]3C(C)(C)C)n1. The summed E-state index contributed by atoms with van der Waals surface area (Å²) in [4.78, 5) is 31.2. The van der Waals surface area contributed by atoms with Gasteiger partial charge in [0, 0.05) is 18.9 Å². The first-order chi connectivity index (χ1) is 16.7. The zero-order valence-corrected chi connectivity index (χ0v) is 21.1. The Labute approximate surface area is 205 Å². The summed E-state index contributed by atoms with van der Waals surface area (Å²) in [6, 6.07) is 6.22. The summed E-state index contributed by atoms with van der Waals surface area (Å²) < 4.78 is 12.3. The van der Waals surface area contributed by atoms with E-state index < -0.39 is 0 Å². The van der Waals surface area contributed by atoms with Crippen molar-refractivity contribution >= 4 is 12.2 Å². The van der Waals surface area contributed by atoms with Gasteiger partial charge in [-0.2, -0.15) is 0 Å². The summed E-state index contributed by atoms with van der Waals surface area (Å²) in [7, 11) is 1.87. The maximum Gasteiger partial charge on any atom is 0.249 e. The number of nitrogens with one attached hydrogen (secondary N) is 2. The standard InChI is InChI=1S/C25H30N4O3.C2H4O/c1-25(2,3)22-24-29-20(23-27-16(12-26-4)13-31-23)21(32-24)17-9-8-15-7-5-14(11-18(15)17)6-10-19(30)28-22;1-2-3/h5,7,11,13,17,22,26H,6,8-10,12H2,1-4H3,(H,28,30);2H,1H3/t17-,22+;/m0./s1. The quantitative estimate of drug-likeness (QED) is 0.534. The van der Waals surface area contributed by atoms with Crippen LogP contribution in [0.5, 0.6) is 0 Å². The monoisotopic (exact) mass is 478 g/mol. The highest BCUT2D eigenvalue weighted by Gasteiger charge is 2.38. The van der Waals surface area contributed by atoms with Crippen molar-refractivity contribution in [3.63, 3.8) is 0 Å². The molecule has 4 bridgehead atoms. The van der Waals surface area contributed by atoms with Crippen molar-refractivity contribution in [2.24, 2.45) is 5.41 Å². The van der Waals surface area contributed by atoms with Crippen LogP contribution in [0.3, 0.4) is 0 Å². The first kappa shape index (κ1) is 24.9. The minimum absolute atomic E-state index is 0.00345. The maximum atomic E-state index is 12.8. The summed E-state index contributed by atoms with van der Waals surface area (Å²) in [5.74, 6) is 1.83. The molecule has 1 aliphatic heterocycles. The fourth-order valence-electron chi connectivity index (χ4n) is 4.76. The molecule has 35 heavy (non-hydrogen) atoms. The van der Waals surface area contributed by atoms with Crippen LogP contribution in [0.2, 0.25) is 0 Å². The Kier molecular flexibility index (Phi) is 7.21. The molecule has 2 N–H and O–H groups in total. The molecule has 8 nitrogen and oxygen atoms in total. The number of aromatic nitrogens is 2. The van der Waals surface area contributed by atoms with Crippen molar-refractivity contribution in [2.45, 2.75) is 71.9 Å². The Balaban J connectivity index is 0.000000917. The Hall–Kier alpha value is -3.26. The number of oxazole rings is 2. The number of aryl methyl sites for hydroxylation is 2. The molecule has 1 amide bonds. The van der Waals surface area contributed by atoms with E-state index in [1.54, 1.807) is 6.26 Å². The van der Waals surface area contributed by atoms with Gasteiger partial charge in [-0.25, -0.2) is 9.97 Å². The van der Waals surface area contributed by atoms with E-state index in [-0.39, 0.29) is 23.3 Å². The molecule has 0 radical (unpaired) electrons. The molecule has 0 spiro atoms. The highest BCUT2D eigenvalue weighted by atomic mass is 16.4. The molecule has 5 rings (SSSR count). The van der Waals surface area contributed by atoms with Gasteiger partial charge >= 0.3 is 0 Å². The highest BCUT2D eigenvalue weighted by molar-refractivity contribution is 5.76. The normalized spacial score (nSPS) is 19.2. The van der Waals surface area contributed by atoms with Gasteiger partial charge in [-0.05, 0) is 55.3 Å². The molecule has 8 heteroatoms. The minimum atomic E-state index is -0.354. The Morgan fingerprint density at radius 1 is 1.20 bits per heavy atom. The number of fused-ring (bicyclic) bond motifs is 4. The van der Waals surface area contributed by atoms with Crippen LogP contribution >= 0.6 is 0 Å². The van der Waals surface area contributed by atoms with Crippen molar-refractivity contribution in [1.82, 2.24) is 20.6 Å². The first-order valence-electron chi connectivity index (χ1n) is 12.2. The van der Waals surface area contributed by atoms with Crippen LogP contribution in [0.4, 0.5) is 0 Å². The van der Waals surface area contributed by atoms with Gasteiger partial charge in [0.2, 0.25) is 17.7 Å². The third kappa shape index (κ3) is 5.22. The zero-order chi connectivity index (χ0) is 25.2. The van der Waals surface area contributed by atoms with Gasteiger partial charge in [0.15, 0.2) is 5.69 Å². The molecular weight excluding hydrogens is 444 g/mol. The molecule has 2 atom stereocenters. The summed E-state index contributed by atoms with van der Waals surface area (Å²) in [6.07, 6.45) is 5.50. The van der Waals surface area contributed by atoms with Crippen LogP contribution in [0, 0.1) is 5.41 Å². The number of hydrogen-bond acceptors (Lipinski definition) is 7. The lowest BCUT2D eigenvalue weighted by Gasteiger charge is -2.29. The molecule has 2 aromatic heterocycles. The lowest BCUT2D eigenvalue weighted by Crippen LogP contribution is -2.37. The lowest BCUT2D eigenvalue weighted by atomic mass is 9.86. The second-order valence-electron chi connectivity index (χ2n) is 10.2. The molecule has 0 fully saturated rings. The second-order valence-corrected chi connectivity index (χ2v) is 10.2. The van der Waals surface area contributed by atoms with Crippen LogP contribution in [0.25, 0.3) is 11.6 Å². The summed E-state index contributed by atoms with van der Waals surface area (Å²) >= 11 is 0. The first-order valence-corrected chi connectivity index (χ1v) is 12.2. The number of carbonyl (C=O) groups excluding carboxylic acids is 2. The van der Waals surface area contributed by atoms with Crippen molar-refractivity contribution < 1.29 is 18.4 Å². The lowest BCUT2D eigenvalue weighted by molar-refractivity contribution is -0.122. The predicted molar refractivity (Wildman–Crippen MR) is 132 cm³/mol. The van der Waals surface area contributed by atoms with E-state index in [2.05, 4.69) is 54.6 Å². The third-order valence-electron chi connectivity index (χ3n) is 6.45. The van der Waals surface area contributed by atoms with E-state index >= 15 is 0 Å². The summed E-state index contributed by atoms with van der Waals surface area (Å²) in [6.45, 7) is 8.30. The molecule has 0 saturated carbocycles. The Morgan fingerprint density at radius 2 is 1.97 bits per heavy atom. The van der Waals surface area contributed by atoms with Crippen molar-refractivity contribution in [2.75, 3.05) is 7.05 Å². The molecule has 186 valence electrons. The maximum absolute atomic E-state index is 12.8. The molecule has 1 aliphatic carbocycles. The van der Waals surface area contributed by atoms with Crippen LogP contribution < -0.4 is 10.6 Å². The number of amides is 1. The van der Waals surface area contributed by atoms with Gasteiger partial charge in [-0.3, -0.25) is 4.79 Å². The fraction of sp³-hybridized carbons (Fsp3) is 0.481. The van der Waals surface area contributed by atoms with Crippen LogP contribution in [0.15, 0.2) is 33.3 Å². The summed E-state index contributed by atoms with van der Waals surface area (Å²) in [5.41, 5.74) is 4.94. The number of aldehydes is 1. The predicted octanol–water partition coefficient (Wildman–Crippen LogP) is 4.48. The number of hydrogen-bond donors (Lipinski definition) is 2. The van der Waals surface area contributed by atoms with E-state index in [9.17, 15) is 4.79 Å². The van der Waals surface area contributed by atoms with E-state index in [0.29, 0.717) is 30.4 Å². The van der Waals surface area contributed by atoms with E-state index in [1.807, 2.05) is 7.05 Å². The van der Waals surface area contributed by atoms with Crippen molar-refractivity contribution in [3.05, 3.63) is 58.5 Å². The summed E-state index contributed by atoms with van der Waals surface area (Å²) in [5, 5.41) is 6.27. The van der Waals surface area contributed by atoms with E-state index in [0.717, 1.165) is 37.0 Å². The molecule has 3 heterocycles. The number of rotatable bonds is 3. The molecule has 1 aromatic carbocycles. The number of carbonyl (C=O) groups is 2. The van der Waals surface area contributed by atoms with Gasteiger partial charge in [0.05, 0.1) is 5.69 Å². The van der Waals surface area contributed by atoms with Crippen LogP contribution in [-0.2, 0) is 29.0 Å². The number of nitrogens with zero attached hydrogens (tertiary/aromatic N) is 2. The average molecular weight is 479 g/mol. The third-order valence-corrected chi connectivity index (χ3v) is 6.45. The van der Waals surface area contributed by atoms with Crippen LogP contribution in [-0.4, -0.2) is 29.2 Å². The number of benzene rings is 1. The van der Waals surface area contributed by atoms with E-state index in [4.69, 9.17) is 18.6 Å². The molecular formula is C27H34N4O4. The average Bonchev–Trinajstić information content (AvgIpc) is 3.53. The van der Waals surface area contributed by atoms with Gasteiger partial charge in [-0.15, -0.1) is 0 Å². The Morgan fingerprint density at radius 3 is 2.69 bits per heavy atom. The van der Waals surface area contributed by atoms with Crippen LogP contribution in [0.1, 0.15) is 86.5 Å². The van der Waals surface area contributed by atoms with Gasteiger partial charge in [0.25, 0.3) is 0 Å². The Bertz CT molecular complexity index is 1200. The van der Waals surface area contributed by atoms with Crippen molar-refractivity contribution in [3.8, 4) is 11.6 Å². The minimum Gasteiger partial charge on any atom is -0.443 e. The van der Waals surface area contributed by atoms with Gasteiger partial charge in [0.1, 0.15) is 24.4 Å². The van der Waals surface area contributed by atoms with Gasteiger partial charge in [-0.1, -0.05) is 39.0 Å².